The highest BCUT2D eigenvalue weighted by Gasteiger charge is 2.28. The molecule has 3 N–H and O–H groups in total. The molecule has 0 spiro atoms. The van der Waals surface area contributed by atoms with Gasteiger partial charge in [-0.2, -0.15) is 0 Å². The van der Waals surface area contributed by atoms with Crippen LogP contribution < -0.4 is 16.0 Å². The van der Waals surface area contributed by atoms with E-state index >= 15 is 0 Å². The average Bonchev–Trinajstić information content (AvgIpc) is 2.17. The van der Waals surface area contributed by atoms with Gasteiger partial charge in [0.15, 0.2) is 0 Å². The summed E-state index contributed by atoms with van der Waals surface area (Å²) in [6, 6.07) is 5.74. The van der Waals surface area contributed by atoms with Crippen molar-refractivity contribution in [2.75, 3.05) is 23.8 Å². The lowest BCUT2D eigenvalue weighted by atomic mass is 10.1. The molecule has 4 nitrogen and oxygen atoms in total. The summed E-state index contributed by atoms with van der Waals surface area (Å²) < 4.78 is 0. The van der Waals surface area contributed by atoms with Crippen LogP contribution in [0.2, 0.25) is 0 Å². The number of benzene rings is 1. The van der Waals surface area contributed by atoms with E-state index in [2.05, 4.69) is 5.32 Å². The van der Waals surface area contributed by atoms with E-state index in [1.165, 1.54) is 0 Å². The molecule has 1 atom stereocenters. The van der Waals surface area contributed by atoms with Gasteiger partial charge in [-0.1, -0.05) is 6.07 Å². The predicted octanol–water partition coefficient (Wildman–Crippen LogP) is 0.711. The lowest BCUT2D eigenvalue weighted by molar-refractivity contribution is -0.117. The van der Waals surface area contributed by atoms with Crippen LogP contribution >= 0.6 is 0 Å². The second-order valence-corrected chi connectivity index (χ2v) is 3.87. The van der Waals surface area contributed by atoms with E-state index < -0.39 is 0 Å². The number of likely N-dealkylation sites (N-methyl/N-ethyl adjacent to an activating group) is 1. The molecule has 80 valence electrons. The number of anilines is 2. The molecule has 15 heavy (non-hydrogen) atoms. The Labute approximate surface area is 89.1 Å². The standard InChI is InChI=1S/C11H15N3O/c1-7-3-4-9-8(5-7)13-11(15)10(6-12)14(9)2/h3-5,10H,6,12H2,1-2H3,(H,13,15). The number of rotatable bonds is 1. The first-order valence-electron chi connectivity index (χ1n) is 4.98. The second kappa shape index (κ2) is 3.55. The molecular formula is C11H15N3O. The maximum absolute atomic E-state index is 11.7. The predicted molar refractivity (Wildman–Crippen MR) is 61.1 cm³/mol. The van der Waals surface area contributed by atoms with Crippen LogP contribution in [0.3, 0.4) is 0 Å². The third kappa shape index (κ3) is 1.57. The van der Waals surface area contributed by atoms with Crippen molar-refractivity contribution < 1.29 is 4.79 Å². The summed E-state index contributed by atoms with van der Waals surface area (Å²) in [5, 5.41) is 2.87. The van der Waals surface area contributed by atoms with Crippen LogP contribution in [0, 0.1) is 6.92 Å². The van der Waals surface area contributed by atoms with Crippen molar-refractivity contribution in [1.29, 1.82) is 0 Å². The third-order valence-electron chi connectivity index (χ3n) is 2.78. The molecule has 0 saturated heterocycles. The minimum absolute atomic E-state index is 0.0295. The molecule has 0 radical (unpaired) electrons. The van der Waals surface area contributed by atoms with Gasteiger partial charge in [-0.05, 0) is 24.6 Å². The van der Waals surface area contributed by atoms with Gasteiger partial charge < -0.3 is 16.0 Å². The number of hydrogen-bond donors (Lipinski definition) is 2. The number of amides is 1. The van der Waals surface area contributed by atoms with E-state index in [-0.39, 0.29) is 11.9 Å². The van der Waals surface area contributed by atoms with Crippen LogP contribution in [0.25, 0.3) is 0 Å². The molecule has 2 rings (SSSR count). The van der Waals surface area contributed by atoms with Crippen LogP contribution in [-0.4, -0.2) is 25.5 Å². The van der Waals surface area contributed by atoms with Gasteiger partial charge in [0.2, 0.25) is 5.91 Å². The summed E-state index contributed by atoms with van der Waals surface area (Å²) >= 11 is 0. The third-order valence-corrected chi connectivity index (χ3v) is 2.78. The number of nitrogens with two attached hydrogens (primary N) is 1. The van der Waals surface area contributed by atoms with Crippen molar-refractivity contribution >= 4 is 17.3 Å². The fourth-order valence-corrected chi connectivity index (χ4v) is 1.88. The molecule has 1 amide bonds. The highest BCUT2D eigenvalue weighted by atomic mass is 16.2. The Balaban J connectivity index is 2.45. The van der Waals surface area contributed by atoms with Gasteiger partial charge in [-0.25, -0.2) is 0 Å². The Hall–Kier alpha value is -1.55. The average molecular weight is 205 g/mol. The summed E-state index contributed by atoms with van der Waals surface area (Å²) in [6.45, 7) is 2.33. The highest BCUT2D eigenvalue weighted by Crippen LogP contribution is 2.31. The number of carbonyl (C=O) groups is 1. The van der Waals surface area contributed by atoms with Gasteiger partial charge >= 0.3 is 0 Å². The fourth-order valence-electron chi connectivity index (χ4n) is 1.88. The van der Waals surface area contributed by atoms with E-state index in [9.17, 15) is 4.79 Å². The molecule has 1 aliphatic heterocycles. The van der Waals surface area contributed by atoms with E-state index in [4.69, 9.17) is 5.73 Å². The SMILES string of the molecule is Cc1ccc2c(c1)NC(=O)C(CN)N2C. The number of carbonyl (C=O) groups excluding carboxylic acids is 1. The van der Waals surface area contributed by atoms with Crippen molar-refractivity contribution in [3.05, 3.63) is 23.8 Å². The molecule has 1 heterocycles. The second-order valence-electron chi connectivity index (χ2n) is 3.87. The molecule has 0 fully saturated rings. The van der Waals surface area contributed by atoms with Crippen LogP contribution in [0.4, 0.5) is 11.4 Å². The zero-order valence-electron chi connectivity index (χ0n) is 8.95. The molecule has 0 saturated carbocycles. The van der Waals surface area contributed by atoms with Gasteiger partial charge in [0.05, 0.1) is 11.4 Å². The number of fused-ring (bicyclic) bond motifs is 1. The highest BCUT2D eigenvalue weighted by molar-refractivity contribution is 6.03. The van der Waals surface area contributed by atoms with Crippen molar-refractivity contribution in [3.8, 4) is 0 Å². The Morgan fingerprint density at radius 1 is 1.53 bits per heavy atom. The quantitative estimate of drug-likeness (QED) is 0.710. The molecule has 0 bridgehead atoms. The lowest BCUT2D eigenvalue weighted by Gasteiger charge is -2.34. The van der Waals surface area contributed by atoms with Crippen molar-refractivity contribution in [2.45, 2.75) is 13.0 Å². The molecule has 0 aliphatic carbocycles. The largest absolute Gasteiger partial charge is 0.360 e. The first-order chi connectivity index (χ1) is 7.13. The van der Waals surface area contributed by atoms with E-state index in [0.717, 1.165) is 16.9 Å². The van der Waals surface area contributed by atoms with Crippen molar-refractivity contribution in [2.24, 2.45) is 5.73 Å². The lowest BCUT2D eigenvalue weighted by Crippen LogP contribution is -2.50. The normalized spacial score (nSPS) is 19.8. The van der Waals surface area contributed by atoms with Gasteiger partial charge in [0.1, 0.15) is 6.04 Å². The Bertz CT molecular complexity index is 403. The number of aryl methyl sites for hydroxylation is 1. The number of hydrogen-bond acceptors (Lipinski definition) is 3. The van der Waals surface area contributed by atoms with Crippen molar-refractivity contribution in [1.82, 2.24) is 0 Å². The first kappa shape index (κ1) is 9.98. The molecule has 1 aliphatic rings. The monoisotopic (exact) mass is 205 g/mol. The minimum Gasteiger partial charge on any atom is -0.360 e. The zero-order valence-corrected chi connectivity index (χ0v) is 8.95. The van der Waals surface area contributed by atoms with Gasteiger partial charge in [0, 0.05) is 13.6 Å². The van der Waals surface area contributed by atoms with Gasteiger partial charge in [-0.3, -0.25) is 4.79 Å². The molecular weight excluding hydrogens is 190 g/mol. The van der Waals surface area contributed by atoms with Crippen LogP contribution in [-0.2, 0) is 4.79 Å². The smallest absolute Gasteiger partial charge is 0.248 e. The van der Waals surface area contributed by atoms with E-state index in [1.54, 1.807) is 0 Å². The maximum Gasteiger partial charge on any atom is 0.248 e. The number of nitrogens with one attached hydrogen (secondary N) is 1. The fraction of sp³-hybridized carbons (Fsp3) is 0.364. The topological polar surface area (TPSA) is 58.4 Å². The first-order valence-corrected chi connectivity index (χ1v) is 4.98. The maximum atomic E-state index is 11.7. The van der Waals surface area contributed by atoms with Crippen LogP contribution in [0.1, 0.15) is 5.56 Å². The Kier molecular flexibility index (Phi) is 2.36. The van der Waals surface area contributed by atoms with Gasteiger partial charge in [-0.15, -0.1) is 0 Å². The summed E-state index contributed by atoms with van der Waals surface area (Å²) in [5.41, 5.74) is 8.59. The van der Waals surface area contributed by atoms with E-state index in [0.29, 0.717) is 6.54 Å². The summed E-state index contributed by atoms with van der Waals surface area (Å²) in [7, 11) is 1.89. The van der Waals surface area contributed by atoms with Crippen LogP contribution in [0.5, 0.6) is 0 Å². The molecule has 4 heteroatoms. The number of nitrogens with zero attached hydrogens (tertiary/aromatic N) is 1. The summed E-state index contributed by atoms with van der Waals surface area (Å²) in [6.07, 6.45) is 0. The molecule has 0 aromatic heterocycles. The minimum atomic E-state index is -0.264. The molecule has 1 aromatic carbocycles. The van der Waals surface area contributed by atoms with Crippen LogP contribution in [0.15, 0.2) is 18.2 Å². The molecule has 1 unspecified atom stereocenters. The summed E-state index contributed by atoms with van der Waals surface area (Å²) in [5.74, 6) is -0.0295. The van der Waals surface area contributed by atoms with Gasteiger partial charge in [0.25, 0.3) is 0 Å². The Morgan fingerprint density at radius 3 is 2.93 bits per heavy atom. The Morgan fingerprint density at radius 2 is 2.27 bits per heavy atom. The van der Waals surface area contributed by atoms with E-state index in [1.807, 2.05) is 37.1 Å². The summed E-state index contributed by atoms with van der Waals surface area (Å²) in [4.78, 5) is 13.6. The van der Waals surface area contributed by atoms with Crippen molar-refractivity contribution in [3.63, 3.8) is 0 Å². The zero-order chi connectivity index (χ0) is 11.0. The molecule has 1 aromatic rings.